The van der Waals surface area contributed by atoms with Crippen molar-refractivity contribution in [2.45, 2.75) is 58.5 Å². The van der Waals surface area contributed by atoms with Crippen LogP contribution in [0, 0.1) is 5.92 Å². The minimum Gasteiger partial charge on any atom is -0.444 e. The van der Waals surface area contributed by atoms with Crippen molar-refractivity contribution < 1.29 is 14.3 Å². The van der Waals surface area contributed by atoms with Gasteiger partial charge in [-0.15, -0.1) is 0 Å². The van der Waals surface area contributed by atoms with Gasteiger partial charge in [0, 0.05) is 37.5 Å². The van der Waals surface area contributed by atoms with Crippen LogP contribution in [-0.2, 0) is 4.74 Å². The maximum absolute atomic E-state index is 12.1. The molecule has 1 aromatic heterocycles. The lowest BCUT2D eigenvalue weighted by Crippen LogP contribution is -2.41. The highest BCUT2D eigenvalue weighted by Gasteiger charge is 2.26. The number of aromatic nitrogens is 1. The van der Waals surface area contributed by atoms with E-state index in [1.54, 1.807) is 29.4 Å². The van der Waals surface area contributed by atoms with Gasteiger partial charge >= 0.3 is 6.09 Å². The number of likely N-dealkylation sites (tertiary alicyclic amines) is 1. The lowest BCUT2D eigenvalue weighted by Gasteiger charge is -2.33. The Morgan fingerprint density at radius 2 is 1.83 bits per heavy atom. The van der Waals surface area contributed by atoms with Crippen LogP contribution in [0.3, 0.4) is 0 Å². The third kappa shape index (κ3) is 5.95. The molecule has 1 fully saturated rings. The lowest BCUT2D eigenvalue weighted by molar-refractivity contribution is 0.0181. The molecule has 0 aliphatic carbocycles. The number of rotatable bonds is 5. The van der Waals surface area contributed by atoms with Gasteiger partial charge in [0.2, 0.25) is 0 Å². The van der Waals surface area contributed by atoms with E-state index >= 15 is 0 Å². The number of ketones is 1. The molecule has 0 saturated carbocycles. The van der Waals surface area contributed by atoms with Gasteiger partial charge in [-0.25, -0.2) is 4.79 Å². The highest BCUT2D eigenvalue weighted by molar-refractivity contribution is 5.95. The number of amides is 1. The standard InChI is InChI=1S/C19H28N2O3/c1-19(2,3)24-18(23)21-13-9-15(10-14-21)5-4-6-17(22)16-7-11-20-12-8-16/h7-8,11-12,15H,4-6,9-10,13-14H2,1-3H3. The molecule has 132 valence electrons. The van der Waals surface area contributed by atoms with Gasteiger partial charge < -0.3 is 9.64 Å². The number of nitrogens with zero attached hydrogens (tertiary/aromatic N) is 2. The van der Waals surface area contributed by atoms with Crippen LogP contribution in [0.4, 0.5) is 4.79 Å². The second kappa shape index (κ2) is 8.27. The summed E-state index contributed by atoms with van der Waals surface area (Å²) in [7, 11) is 0. The van der Waals surface area contributed by atoms with Crippen LogP contribution in [0.15, 0.2) is 24.5 Å². The SMILES string of the molecule is CC(C)(C)OC(=O)N1CCC(CCCC(=O)c2ccncc2)CC1. The quantitative estimate of drug-likeness (QED) is 0.762. The van der Waals surface area contributed by atoms with Crippen molar-refractivity contribution in [1.29, 1.82) is 0 Å². The van der Waals surface area contributed by atoms with Gasteiger partial charge in [0.25, 0.3) is 0 Å². The molecule has 0 radical (unpaired) electrons. The predicted octanol–water partition coefficient (Wildman–Crippen LogP) is 4.08. The topological polar surface area (TPSA) is 59.5 Å². The van der Waals surface area contributed by atoms with Gasteiger partial charge in [-0.2, -0.15) is 0 Å². The number of hydrogen-bond acceptors (Lipinski definition) is 4. The largest absolute Gasteiger partial charge is 0.444 e. The van der Waals surface area contributed by atoms with E-state index in [-0.39, 0.29) is 11.9 Å². The Kier molecular flexibility index (Phi) is 6.35. The molecule has 1 aliphatic rings. The lowest BCUT2D eigenvalue weighted by atomic mass is 9.91. The summed E-state index contributed by atoms with van der Waals surface area (Å²) in [5.74, 6) is 0.775. The summed E-state index contributed by atoms with van der Waals surface area (Å²) in [5, 5.41) is 0. The molecule has 0 aromatic carbocycles. The molecule has 5 nitrogen and oxygen atoms in total. The number of carbonyl (C=O) groups excluding carboxylic acids is 2. The zero-order valence-corrected chi connectivity index (χ0v) is 15.0. The Morgan fingerprint density at radius 1 is 1.21 bits per heavy atom. The Balaban J connectivity index is 1.66. The second-order valence-corrected chi connectivity index (χ2v) is 7.46. The van der Waals surface area contributed by atoms with Crippen molar-refractivity contribution in [2.75, 3.05) is 13.1 Å². The molecule has 0 spiro atoms. The summed E-state index contributed by atoms with van der Waals surface area (Å²) < 4.78 is 5.41. The summed E-state index contributed by atoms with van der Waals surface area (Å²) >= 11 is 0. The Hall–Kier alpha value is -1.91. The number of carbonyl (C=O) groups is 2. The number of pyridine rings is 1. The molecule has 0 N–H and O–H groups in total. The zero-order chi connectivity index (χ0) is 17.6. The summed E-state index contributed by atoms with van der Waals surface area (Å²) in [4.78, 5) is 29.8. The number of ether oxygens (including phenoxy) is 1. The summed E-state index contributed by atoms with van der Waals surface area (Å²) in [5.41, 5.74) is 0.297. The van der Waals surface area contributed by atoms with E-state index < -0.39 is 5.60 Å². The van der Waals surface area contributed by atoms with Gasteiger partial charge in [-0.05, 0) is 64.5 Å². The Bertz CT molecular complexity index is 543. The first-order valence-electron chi connectivity index (χ1n) is 8.76. The van der Waals surface area contributed by atoms with Crippen LogP contribution in [-0.4, -0.2) is 40.5 Å². The molecule has 24 heavy (non-hydrogen) atoms. The molecule has 1 aromatic rings. The monoisotopic (exact) mass is 332 g/mol. The fraction of sp³-hybridized carbons (Fsp3) is 0.632. The molecule has 0 unspecified atom stereocenters. The molecule has 5 heteroatoms. The fourth-order valence-corrected chi connectivity index (χ4v) is 2.96. The van der Waals surface area contributed by atoms with Gasteiger partial charge in [0.1, 0.15) is 5.60 Å². The Labute approximate surface area is 144 Å². The van der Waals surface area contributed by atoms with Crippen molar-refractivity contribution >= 4 is 11.9 Å². The third-order valence-electron chi connectivity index (χ3n) is 4.28. The molecule has 1 amide bonds. The molecular formula is C19H28N2O3. The molecular weight excluding hydrogens is 304 g/mol. The van der Waals surface area contributed by atoms with Crippen LogP contribution >= 0.6 is 0 Å². The molecule has 1 saturated heterocycles. The average Bonchev–Trinajstić information content (AvgIpc) is 2.54. The average molecular weight is 332 g/mol. The minimum absolute atomic E-state index is 0.184. The summed E-state index contributed by atoms with van der Waals surface area (Å²) in [6.07, 6.45) is 7.59. The zero-order valence-electron chi connectivity index (χ0n) is 15.0. The van der Waals surface area contributed by atoms with Crippen molar-refractivity contribution in [2.24, 2.45) is 5.92 Å². The van der Waals surface area contributed by atoms with Gasteiger partial charge in [0.05, 0.1) is 0 Å². The maximum atomic E-state index is 12.1. The first-order chi connectivity index (χ1) is 11.3. The van der Waals surface area contributed by atoms with E-state index in [1.807, 2.05) is 20.8 Å². The first-order valence-corrected chi connectivity index (χ1v) is 8.76. The highest BCUT2D eigenvalue weighted by atomic mass is 16.6. The maximum Gasteiger partial charge on any atom is 0.410 e. The van der Waals surface area contributed by atoms with Crippen LogP contribution in [0.25, 0.3) is 0 Å². The number of Topliss-reactive ketones (excluding diaryl/α,β-unsaturated/α-hetero) is 1. The van der Waals surface area contributed by atoms with E-state index in [0.29, 0.717) is 12.3 Å². The third-order valence-corrected chi connectivity index (χ3v) is 4.28. The van der Waals surface area contributed by atoms with Gasteiger partial charge in [0.15, 0.2) is 5.78 Å². The highest BCUT2D eigenvalue weighted by Crippen LogP contribution is 2.24. The second-order valence-electron chi connectivity index (χ2n) is 7.46. The fourth-order valence-electron chi connectivity index (χ4n) is 2.96. The van der Waals surface area contributed by atoms with Gasteiger partial charge in [-0.1, -0.05) is 0 Å². The predicted molar refractivity (Wildman–Crippen MR) is 92.9 cm³/mol. The van der Waals surface area contributed by atoms with Crippen molar-refractivity contribution in [3.05, 3.63) is 30.1 Å². The van der Waals surface area contributed by atoms with Gasteiger partial charge in [-0.3, -0.25) is 9.78 Å². The molecule has 1 aliphatic heterocycles. The van der Waals surface area contributed by atoms with Crippen LogP contribution in [0.5, 0.6) is 0 Å². The molecule has 2 heterocycles. The van der Waals surface area contributed by atoms with E-state index in [2.05, 4.69) is 4.98 Å². The van der Waals surface area contributed by atoms with Crippen LogP contribution in [0.2, 0.25) is 0 Å². The summed E-state index contributed by atoms with van der Waals surface area (Å²) in [6.45, 7) is 7.15. The van der Waals surface area contributed by atoms with Crippen molar-refractivity contribution in [3.63, 3.8) is 0 Å². The first kappa shape index (κ1) is 18.4. The van der Waals surface area contributed by atoms with Crippen LogP contribution < -0.4 is 0 Å². The minimum atomic E-state index is -0.443. The number of hydrogen-bond donors (Lipinski definition) is 0. The van der Waals surface area contributed by atoms with Crippen LogP contribution in [0.1, 0.15) is 63.2 Å². The van der Waals surface area contributed by atoms with E-state index in [1.165, 1.54) is 0 Å². The van der Waals surface area contributed by atoms with E-state index in [9.17, 15) is 9.59 Å². The summed E-state index contributed by atoms with van der Waals surface area (Å²) in [6, 6.07) is 3.53. The van der Waals surface area contributed by atoms with Crippen molar-refractivity contribution in [3.8, 4) is 0 Å². The smallest absolute Gasteiger partial charge is 0.410 e. The van der Waals surface area contributed by atoms with E-state index in [4.69, 9.17) is 4.74 Å². The molecule has 0 atom stereocenters. The normalized spacial score (nSPS) is 16.0. The Morgan fingerprint density at radius 3 is 2.42 bits per heavy atom. The number of piperidine rings is 1. The molecule has 0 bridgehead atoms. The van der Waals surface area contributed by atoms with Crippen molar-refractivity contribution in [1.82, 2.24) is 9.88 Å². The molecule has 2 rings (SSSR count). The van der Waals surface area contributed by atoms with E-state index in [0.717, 1.165) is 44.3 Å².